The Kier molecular flexibility index (Phi) is 4.09. The van der Waals surface area contributed by atoms with E-state index in [2.05, 4.69) is 4.99 Å². The molecule has 0 aliphatic heterocycles. The van der Waals surface area contributed by atoms with Crippen molar-refractivity contribution in [2.24, 2.45) is 4.99 Å². The van der Waals surface area contributed by atoms with Gasteiger partial charge in [-0.2, -0.15) is 4.99 Å². The number of methoxy groups -OCH3 is 2. The van der Waals surface area contributed by atoms with Gasteiger partial charge in [0.1, 0.15) is 23.2 Å². The van der Waals surface area contributed by atoms with Crippen LogP contribution in [0.3, 0.4) is 0 Å². The number of hydrogen-bond acceptors (Lipinski definition) is 4. The van der Waals surface area contributed by atoms with Gasteiger partial charge in [-0.05, 0) is 38.3 Å². The molecule has 1 aliphatic rings. The van der Waals surface area contributed by atoms with E-state index in [4.69, 9.17) is 9.47 Å². The second-order valence-corrected chi connectivity index (χ2v) is 5.00. The van der Waals surface area contributed by atoms with E-state index in [0.29, 0.717) is 17.1 Å². The quantitative estimate of drug-likeness (QED) is 0.612. The Balaban J connectivity index is 2.60. The molecule has 0 bridgehead atoms. The lowest BCUT2D eigenvalue weighted by Gasteiger charge is -2.38. The number of carbonyl (C=O) groups excluding carboxylic acids is 1. The molecule has 0 radical (unpaired) electrons. The Hall–Kier alpha value is -1.87. The Morgan fingerprint density at radius 3 is 2.35 bits per heavy atom. The topological polar surface area (TPSA) is 47.9 Å². The molecular formula is C15H18FNO3. The van der Waals surface area contributed by atoms with E-state index < -0.39 is 11.7 Å². The van der Waals surface area contributed by atoms with Crippen molar-refractivity contribution in [2.45, 2.75) is 37.9 Å². The molecule has 0 saturated heterocycles. The molecule has 1 aromatic rings. The van der Waals surface area contributed by atoms with E-state index in [9.17, 15) is 9.18 Å². The minimum Gasteiger partial charge on any atom is -0.496 e. The zero-order valence-corrected chi connectivity index (χ0v) is 11.9. The number of halogens is 1. The molecule has 1 unspecified atom stereocenters. The second-order valence-electron chi connectivity index (χ2n) is 5.00. The maximum atomic E-state index is 13.6. The average molecular weight is 279 g/mol. The van der Waals surface area contributed by atoms with Crippen LogP contribution in [0.4, 0.5) is 4.39 Å². The van der Waals surface area contributed by atoms with Crippen LogP contribution in [0.15, 0.2) is 17.1 Å². The lowest BCUT2D eigenvalue weighted by Crippen LogP contribution is -2.32. The van der Waals surface area contributed by atoms with Crippen molar-refractivity contribution in [1.29, 1.82) is 0 Å². The minimum absolute atomic E-state index is 0.428. The number of benzene rings is 1. The summed E-state index contributed by atoms with van der Waals surface area (Å²) in [6.45, 7) is 1.44. The second kappa shape index (κ2) is 5.63. The predicted molar refractivity (Wildman–Crippen MR) is 72.7 cm³/mol. The summed E-state index contributed by atoms with van der Waals surface area (Å²) in [4.78, 5) is 14.6. The molecule has 5 heteroatoms. The minimum atomic E-state index is -1.17. The van der Waals surface area contributed by atoms with Gasteiger partial charge in [0, 0.05) is 11.1 Å². The third-order valence-corrected chi connectivity index (χ3v) is 3.92. The summed E-state index contributed by atoms with van der Waals surface area (Å²) in [5.41, 5.74) is 0.590. The molecule has 0 spiro atoms. The number of aliphatic imine (C=N–C) groups is 1. The smallest absolute Gasteiger partial charge is 0.235 e. The van der Waals surface area contributed by atoms with Gasteiger partial charge in [0.25, 0.3) is 0 Å². The van der Waals surface area contributed by atoms with Crippen LogP contribution in [0.5, 0.6) is 11.5 Å². The van der Waals surface area contributed by atoms with Crippen molar-refractivity contribution >= 4 is 6.08 Å². The van der Waals surface area contributed by atoms with Crippen molar-refractivity contribution in [2.75, 3.05) is 14.2 Å². The first-order valence-corrected chi connectivity index (χ1v) is 6.57. The standard InChI is InChI=1S/C15H18FNO3/c1-10(16)11-7-14(20-3)12(8-13(11)19-2)15(17-9-18)5-4-6-15/h7-8,10H,4-6H2,1-3H3. The van der Waals surface area contributed by atoms with Crippen LogP contribution < -0.4 is 9.47 Å². The van der Waals surface area contributed by atoms with Gasteiger partial charge in [-0.3, -0.25) is 0 Å². The van der Waals surface area contributed by atoms with Gasteiger partial charge in [-0.25, -0.2) is 9.18 Å². The highest BCUT2D eigenvalue weighted by Crippen LogP contribution is 2.50. The van der Waals surface area contributed by atoms with Crippen molar-refractivity contribution in [1.82, 2.24) is 0 Å². The highest BCUT2D eigenvalue weighted by molar-refractivity contribution is 5.52. The first kappa shape index (κ1) is 14.5. The van der Waals surface area contributed by atoms with Gasteiger partial charge in [0.2, 0.25) is 6.08 Å². The number of isocyanates is 1. The molecule has 2 rings (SSSR count). The number of rotatable bonds is 5. The summed E-state index contributed by atoms with van der Waals surface area (Å²) in [5.74, 6) is 0.979. The molecule has 0 amide bonds. The summed E-state index contributed by atoms with van der Waals surface area (Å²) in [7, 11) is 3.02. The van der Waals surface area contributed by atoms with Crippen LogP contribution in [-0.4, -0.2) is 20.3 Å². The van der Waals surface area contributed by atoms with E-state index in [1.165, 1.54) is 21.1 Å². The zero-order valence-electron chi connectivity index (χ0n) is 11.9. The SMILES string of the molecule is COc1cc(C2(N=C=O)CCC2)c(OC)cc1C(C)F. The lowest BCUT2D eigenvalue weighted by atomic mass is 9.71. The molecule has 0 aromatic heterocycles. The number of nitrogens with zero attached hydrogens (tertiary/aromatic N) is 1. The van der Waals surface area contributed by atoms with Crippen molar-refractivity contribution in [3.8, 4) is 11.5 Å². The molecule has 20 heavy (non-hydrogen) atoms. The molecule has 1 fully saturated rings. The van der Waals surface area contributed by atoms with Crippen LogP contribution in [-0.2, 0) is 10.3 Å². The molecule has 1 aliphatic carbocycles. The zero-order chi connectivity index (χ0) is 14.8. The number of alkyl halides is 1. The van der Waals surface area contributed by atoms with E-state index in [-0.39, 0.29) is 0 Å². The monoisotopic (exact) mass is 279 g/mol. The van der Waals surface area contributed by atoms with Gasteiger partial charge in [0.15, 0.2) is 0 Å². The van der Waals surface area contributed by atoms with Gasteiger partial charge in [-0.15, -0.1) is 0 Å². The Bertz CT molecular complexity index is 546. The first-order valence-electron chi connectivity index (χ1n) is 6.57. The highest BCUT2D eigenvalue weighted by Gasteiger charge is 2.41. The fourth-order valence-electron chi connectivity index (χ4n) is 2.64. The fourth-order valence-corrected chi connectivity index (χ4v) is 2.64. The molecule has 0 heterocycles. The summed E-state index contributed by atoms with van der Waals surface area (Å²) >= 11 is 0. The van der Waals surface area contributed by atoms with Gasteiger partial charge < -0.3 is 9.47 Å². The molecule has 4 nitrogen and oxygen atoms in total. The normalized spacial score (nSPS) is 17.6. The maximum Gasteiger partial charge on any atom is 0.235 e. The van der Waals surface area contributed by atoms with Crippen LogP contribution in [0.25, 0.3) is 0 Å². The molecule has 1 saturated carbocycles. The van der Waals surface area contributed by atoms with Gasteiger partial charge in [-0.1, -0.05) is 0 Å². The van der Waals surface area contributed by atoms with Crippen LogP contribution >= 0.6 is 0 Å². The van der Waals surface area contributed by atoms with Crippen LogP contribution in [0.1, 0.15) is 43.5 Å². The Morgan fingerprint density at radius 1 is 1.30 bits per heavy atom. The Labute approximate surface area is 117 Å². The van der Waals surface area contributed by atoms with Crippen LogP contribution in [0.2, 0.25) is 0 Å². The lowest BCUT2D eigenvalue weighted by molar-refractivity contribution is 0.244. The third-order valence-electron chi connectivity index (χ3n) is 3.92. The van der Waals surface area contributed by atoms with E-state index >= 15 is 0 Å². The number of ether oxygens (including phenoxy) is 2. The summed E-state index contributed by atoms with van der Waals surface area (Å²) in [6, 6.07) is 3.35. The van der Waals surface area contributed by atoms with E-state index in [1.807, 2.05) is 0 Å². The van der Waals surface area contributed by atoms with E-state index in [1.54, 1.807) is 18.2 Å². The van der Waals surface area contributed by atoms with Crippen molar-refractivity contribution < 1.29 is 18.7 Å². The third kappa shape index (κ3) is 2.29. The molecule has 108 valence electrons. The molecule has 1 atom stereocenters. The summed E-state index contributed by atoms with van der Waals surface area (Å²) in [5, 5.41) is 0. The largest absolute Gasteiger partial charge is 0.496 e. The fraction of sp³-hybridized carbons (Fsp3) is 0.533. The summed E-state index contributed by atoms with van der Waals surface area (Å²) in [6.07, 6.45) is 2.97. The molecule has 1 aromatic carbocycles. The van der Waals surface area contributed by atoms with Crippen molar-refractivity contribution in [3.05, 3.63) is 23.3 Å². The predicted octanol–water partition coefficient (Wildman–Crippen LogP) is 3.45. The van der Waals surface area contributed by atoms with E-state index in [0.717, 1.165) is 24.8 Å². The van der Waals surface area contributed by atoms with Crippen LogP contribution in [0, 0.1) is 0 Å². The number of hydrogen-bond donors (Lipinski definition) is 0. The maximum absolute atomic E-state index is 13.6. The molecular weight excluding hydrogens is 261 g/mol. The average Bonchev–Trinajstić information content (AvgIpc) is 2.41. The first-order chi connectivity index (χ1) is 9.57. The molecule has 0 N–H and O–H groups in total. The Morgan fingerprint density at radius 2 is 1.95 bits per heavy atom. The summed E-state index contributed by atoms with van der Waals surface area (Å²) < 4.78 is 24.3. The van der Waals surface area contributed by atoms with Gasteiger partial charge >= 0.3 is 0 Å². The van der Waals surface area contributed by atoms with Crippen molar-refractivity contribution in [3.63, 3.8) is 0 Å². The van der Waals surface area contributed by atoms with Gasteiger partial charge in [0.05, 0.1) is 14.2 Å². The highest BCUT2D eigenvalue weighted by atomic mass is 19.1.